The second-order valence-electron chi connectivity index (χ2n) is 7.26. The zero-order chi connectivity index (χ0) is 19.6. The molecule has 1 nitrogen and oxygen atoms in total. The van der Waals surface area contributed by atoms with E-state index in [0.29, 0.717) is 5.56 Å². The lowest BCUT2D eigenvalue weighted by molar-refractivity contribution is -0.660. The zero-order valence-corrected chi connectivity index (χ0v) is 14.6. The summed E-state index contributed by atoms with van der Waals surface area (Å²) in [6.07, 6.45) is 2.05. The Morgan fingerprint density at radius 3 is 2.50 bits per heavy atom. The van der Waals surface area contributed by atoms with Gasteiger partial charge in [-0.05, 0) is 59.3 Å². The molecule has 1 aliphatic carbocycles. The minimum absolute atomic E-state index is 0.335. The third-order valence-corrected chi connectivity index (χ3v) is 5.35. The maximum Gasteiger partial charge on any atom is 0.212 e. The molecule has 1 heterocycles. The third-order valence-electron chi connectivity index (χ3n) is 5.35. The number of nitrogens with zero attached hydrogens (tertiary/aromatic N) is 1. The highest BCUT2D eigenvalue weighted by molar-refractivity contribution is 5.85. The van der Waals surface area contributed by atoms with E-state index >= 15 is 0 Å². The van der Waals surface area contributed by atoms with Gasteiger partial charge in [-0.2, -0.15) is 0 Å². The van der Waals surface area contributed by atoms with Crippen molar-refractivity contribution in [1.29, 1.82) is 0 Å². The van der Waals surface area contributed by atoms with E-state index in [1.54, 1.807) is 6.07 Å². The molecule has 0 bridgehead atoms. The van der Waals surface area contributed by atoms with Crippen molar-refractivity contribution >= 4 is 0 Å². The fourth-order valence-electron chi connectivity index (χ4n) is 4.11. The summed E-state index contributed by atoms with van der Waals surface area (Å²) in [6, 6.07) is 16.3. The van der Waals surface area contributed by atoms with E-state index in [4.69, 9.17) is 4.11 Å². The van der Waals surface area contributed by atoms with Crippen LogP contribution in [0.15, 0.2) is 54.7 Å². The molecule has 0 N–H and O–H groups in total. The summed E-state index contributed by atoms with van der Waals surface area (Å²) in [6.45, 7) is 4.28. The molecule has 0 radical (unpaired) electrons. The van der Waals surface area contributed by atoms with Gasteiger partial charge in [-0.15, -0.1) is 0 Å². The van der Waals surface area contributed by atoms with Gasteiger partial charge in [-0.3, -0.25) is 0 Å². The molecule has 120 valence electrons. The number of pyridine rings is 1. The molecule has 0 aliphatic heterocycles. The molecule has 0 saturated heterocycles. The smallest absolute Gasteiger partial charge is 0.201 e. The highest BCUT2D eigenvalue weighted by atomic mass is 14.9. The normalized spacial score (nSPS) is 16.8. The van der Waals surface area contributed by atoms with E-state index in [0.717, 1.165) is 22.4 Å². The maximum atomic E-state index is 8.00. The van der Waals surface area contributed by atoms with Crippen LogP contribution in [0.25, 0.3) is 22.4 Å². The first-order valence-corrected chi connectivity index (χ1v) is 8.37. The van der Waals surface area contributed by atoms with Crippen molar-refractivity contribution in [3.05, 3.63) is 77.0 Å². The fourth-order valence-corrected chi connectivity index (χ4v) is 4.11. The molecule has 3 aromatic rings. The van der Waals surface area contributed by atoms with E-state index < -0.39 is 6.85 Å². The Morgan fingerprint density at radius 1 is 0.917 bits per heavy atom. The van der Waals surface area contributed by atoms with Gasteiger partial charge < -0.3 is 0 Å². The van der Waals surface area contributed by atoms with Gasteiger partial charge in [0, 0.05) is 27.2 Å². The van der Waals surface area contributed by atoms with Crippen LogP contribution in [0.1, 0.15) is 40.2 Å². The minimum atomic E-state index is -2.12. The molecule has 1 aromatic heterocycles. The Hall–Kier alpha value is -2.41. The molecular weight excluding hydrogens is 290 g/mol. The molecule has 0 atom stereocenters. The number of fused-ring (bicyclic) bond motifs is 3. The molecule has 24 heavy (non-hydrogen) atoms. The summed E-state index contributed by atoms with van der Waals surface area (Å²) in [4.78, 5) is 0. The van der Waals surface area contributed by atoms with Crippen molar-refractivity contribution in [3.63, 3.8) is 0 Å². The zero-order valence-electron chi connectivity index (χ0n) is 17.6. The lowest BCUT2D eigenvalue weighted by atomic mass is 9.80. The Bertz CT molecular complexity index is 1060. The Labute approximate surface area is 148 Å². The first-order valence-electron chi connectivity index (χ1n) is 9.87. The Morgan fingerprint density at radius 2 is 1.75 bits per heavy atom. The molecule has 0 spiro atoms. The number of benzene rings is 2. The predicted molar refractivity (Wildman–Crippen MR) is 100 cm³/mol. The summed E-state index contributed by atoms with van der Waals surface area (Å²) in [5.41, 5.74) is 7.99. The van der Waals surface area contributed by atoms with Gasteiger partial charge in [0.15, 0.2) is 6.20 Å². The predicted octanol–water partition coefficient (Wildman–Crippen LogP) is 5.10. The quantitative estimate of drug-likeness (QED) is 0.550. The number of aromatic nitrogens is 1. The maximum absolute atomic E-state index is 8.00. The third kappa shape index (κ3) is 1.97. The van der Waals surface area contributed by atoms with E-state index in [1.807, 2.05) is 31.4 Å². The van der Waals surface area contributed by atoms with Crippen LogP contribution in [0.2, 0.25) is 0 Å². The molecule has 2 aromatic carbocycles. The molecular formula is C23H24N+. The molecule has 0 saturated carbocycles. The standard InChI is InChI=1S/C23H24N/c1-15-9-8-10-17-19-14-18(21-11-6-7-12-24(21)5)16(2)13-20(19)23(3,4)22(15)17/h6-14H,1-5H3/q+1/i1D3. The van der Waals surface area contributed by atoms with Gasteiger partial charge in [-0.25, -0.2) is 4.57 Å². The average Bonchev–Trinajstić information content (AvgIpc) is 2.82. The molecule has 0 amide bonds. The van der Waals surface area contributed by atoms with Crippen LogP contribution in [0.4, 0.5) is 0 Å². The monoisotopic (exact) mass is 317 g/mol. The highest BCUT2D eigenvalue weighted by Gasteiger charge is 2.37. The van der Waals surface area contributed by atoms with Crippen LogP contribution in [0.3, 0.4) is 0 Å². The Balaban J connectivity index is 2.03. The summed E-state index contributed by atoms with van der Waals surface area (Å²) in [5.74, 6) is 0. The van der Waals surface area contributed by atoms with Crippen LogP contribution < -0.4 is 4.57 Å². The summed E-state index contributed by atoms with van der Waals surface area (Å²) < 4.78 is 26.1. The van der Waals surface area contributed by atoms with E-state index in [2.05, 4.69) is 49.6 Å². The SMILES string of the molecule is [2H]C([2H])([2H])c1cccc2c1C(C)(C)c1cc(C)c(-c3cccc[n+]3C)cc1-2. The van der Waals surface area contributed by atoms with Crippen molar-refractivity contribution in [2.75, 3.05) is 0 Å². The summed E-state index contributed by atoms with van der Waals surface area (Å²) in [5, 5.41) is 0. The van der Waals surface area contributed by atoms with Gasteiger partial charge in [0.05, 0.1) is 0 Å². The van der Waals surface area contributed by atoms with Crippen molar-refractivity contribution in [3.8, 4) is 22.4 Å². The first-order chi connectivity index (χ1) is 12.6. The van der Waals surface area contributed by atoms with Crippen LogP contribution in [0.5, 0.6) is 0 Å². The second kappa shape index (κ2) is 5.04. The fraction of sp³-hybridized carbons (Fsp3) is 0.261. The molecule has 1 heteroatoms. The van der Waals surface area contributed by atoms with Crippen molar-refractivity contribution in [1.82, 2.24) is 0 Å². The minimum Gasteiger partial charge on any atom is -0.201 e. The van der Waals surface area contributed by atoms with Gasteiger partial charge >= 0.3 is 0 Å². The lowest BCUT2D eigenvalue weighted by Gasteiger charge is -2.23. The number of aryl methyl sites for hydroxylation is 3. The van der Waals surface area contributed by atoms with Crippen molar-refractivity contribution < 1.29 is 8.68 Å². The Kier molecular flexibility index (Phi) is 2.53. The number of rotatable bonds is 1. The first kappa shape index (κ1) is 12.0. The number of hydrogen-bond acceptors (Lipinski definition) is 0. The van der Waals surface area contributed by atoms with Gasteiger partial charge in [0.2, 0.25) is 5.69 Å². The summed E-state index contributed by atoms with van der Waals surface area (Å²) >= 11 is 0. The van der Waals surface area contributed by atoms with Crippen LogP contribution in [-0.2, 0) is 12.5 Å². The van der Waals surface area contributed by atoms with E-state index in [9.17, 15) is 0 Å². The van der Waals surface area contributed by atoms with Gasteiger partial charge in [0.25, 0.3) is 0 Å². The van der Waals surface area contributed by atoms with Gasteiger partial charge in [0.1, 0.15) is 7.05 Å². The van der Waals surface area contributed by atoms with Crippen molar-refractivity contribution in [2.24, 2.45) is 7.05 Å². The topological polar surface area (TPSA) is 3.88 Å². The van der Waals surface area contributed by atoms with Crippen LogP contribution >= 0.6 is 0 Å². The van der Waals surface area contributed by atoms with E-state index in [1.165, 1.54) is 16.7 Å². The molecule has 0 unspecified atom stereocenters. The second-order valence-corrected chi connectivity index (χ2v) is 7.26. The van der Waals surface area contributed by atoms with Crippen LogP contribution in [-0.4, -0.2) is 0 Å². The molecule has 0 fully saturated rings. The molecule has 1 aliphatic rings. The average molecular weight is 317 g/mol. The van der Waals surface area contributed by atoms with E-state index in [-0.39, 0.29) is 5.41 Å². The highest BCUT2D eigenvalue weighted by Crippen LogP contribution is 2.51. The van der Waals surface area contributed by atoms with Crippen LogP contribution in [0, 0.1) is 13.8 Å². The summed E-state index contributed by atoms with van der Waals surface area (Å²) in [7, 11) is 2.05. The lowest BCUT2D eigenvalue weighted by Crippen LogP contribution is -2.30. The molecule has 4 rings (SSSR count). The number of hydrogen-bond donors (Lipinski definition) is 0. The van der Waals surface area contributed by atoms with Gasteiger partial charge in [-0.1, -0.05) is 38.1 Å². The van der Waals surface area contributed by atoms with Crippen molar-refractivity contribution in [2.45, 2.75) is 33.0 Å². The largest absolute Gasteiger partial charge is 0.212 e.